The predicted octanol–water partition coefficient (Wildman–Crippen LogP) is 3.69. The summed E-state index contributed by atoms with van der Waals surface area (Å²) in [6, 6.07) is 6.91. The fourth-order valence-electron chi connectivity index (χ4n) is 2.89. The first-order valence-electron chi connectivity index (χ1n) is 7.22. The molecule has 19 heavy (non-hydrogen) atoms. The molecule has 1 unspecified atom stereocenters. The maximum Gasteiger partial charge on any atom is 0.123 e. The summed E-state index contributed by atoms with van der Waals surface area (Å²) in [6.45, 7) is 2.20. The second-order valence-corrected chi connectivity index (χ2v) is 5.33. The van der Waals surface area contributed by atoms with Crippen LogP contribution < -0.4 is 14.8 Å². The number of hydrogen-bond acceptors (Lipinski definition) is 3. The summed E-state index contributed by atoms with van der Waals surface area (Å²) >= 11 is 0. The second kappa shape index (κ2) is 6.80. The molecule has 106 valence electrons. The van der Waals surface area contributed by atoms with Crippen molar-refractivity contribution in [3.05, 3.63) is 23.8 Å². The Morgan fingerprint density at radius 3 is 2.47 bits per heavy atom. The first kappa shape index (κ1) is 14.2. The summed E-state index contributed by atoms with van der Waals surface area (Å²) in [5, 5.41) is 3.73. The van der Waals surface area contributed by atoms with Gasteiger partial charge in [-0.1, -0.05) is 19.3 Å². The predicted molar refractivity (Wildman–Crippen MR) is 78.0 cm³/mol. The fourth-order valence-corrected chi connectivity index (χ4v) is 2.89. The molecule has 1 N–H and O–H groups in total. The monoisotopic (exact) mass is 263 g/mol. The second-order valence-electron chi connectivity index (χ2n) is 5.33. The van der Waals surface area contributed by atoms with E-state index in [1.165, 1.54) is 37.7 Å². The summed E-state index contributed by atoms with van der Waals surface area (Å²) in [6.07, 6.45) is 6.65. The maximum absolute atomic E-state index is 5.46. The van der Waals surface area contributed by atoms with E-state index >= 15 is 0 Å². The Kier molecular flexibility index (Phi) is 5.08. The van der Waals surface area contributed by atoms with Crippen LogP contribution in [0.1, 0.15) is 50.6 Å². The minimum absolute atomic E-state index is 0.285. The van der Waals surface area contributed by atoms with Gasteiger partial charge in [-0.2, -0.15) is 0 Å². The zero-order valence-electron chi connectivity index (χ0n) is 12.2. The Morgan fingerprint density at radius 1 is 1.11 bits per heavy atom. The van der Waals surface area contributed by atoms with Crippen molar-refractivity contribution in [1.29, 1.82) is 0 Å². The normalized spacial score (nSPS) is 18.1. The topological polar surface area (TPSA) is 30.5 Å². The highest BCUT2D eigenvalue weighted by Gasteiger charge is 2.18. The molecular weight excluding hydrogens is 238 g/mol. The van der Waals surface area contributed by atoms with Crippen LogP contribution in [-0.4, -0.2) is 20.3 Å². The van der Waals surface area contributed by atoms with Crippen molar-refractivity contribution in [1.82, 2.24) is 5.32 Å². The van der Waals surface area contributed by atoms with Gasteiger partial charge in [0, 0.05) is 17.6 Å². The molecule has 0 bridgehead atoms. The van der Waals surface area contributed by atoms with Crippen LogP contribution in [0.25, 0.3) is 0 Å². The van der Waals surface area contributed by atoms with E-state index in [2.05, 4.69) is 18.3 Å². The molecule has 1 aliphatic carbocycles. The molecule has 2 rings (SSSR count). The summed E-state index contributed by atoms with van der Waals surface area (Å²) < 4.78 is 10.8. The van der Waals surface area contributed by atoms with Crippen molar-refractivity contribution in [2.75, 3.05) is 14.2 Å². The number of methoxy groups -OCH3 is 2. The van der Waals surface area contributed by atoms with E-state index in [1.807, 2.05) is 12.1 Å². The van der Waals surface area contributed by atoms with Gasteiger partial charge >= 0.3 is 0 Å². The SMILES string of the molecule is COc1ccc(OC)c(C(C)NC2CCCCC2)c1. The third kappa shape index (κ3) is 3.63. The van der Waals surface area contributed by atoms with Crippen molar-refractivity contribution < 1.29 is 9.47 Å². The van der Waals surface area contributed by atoms with E-state index < -0.39 is 0 Å². The van der Waals surface area contributed by atoms with Crippen LogP contribution in [0.4, 0.5) is 0 Å². The maximum atomic E-state index is 5.46. The zero-order valence-corrected chi connectivity index (χ0v) is 12.2. The van der Waals surface area contributed by atoms with Crippen molar-refractivity contribution in [3.8, 4) is 11.5 Å². The van der Waals surface area contributed by atoms with Gasteiger partial charge in [-0.15, -0.1) is 0 Å². The van der Waals surface area contributed by atoms with Gasteiger partial charge in [0.2, 0.25) is 0 Å². The molecule has 0 aromatic heterocycles. The molecule has 0 saturated heterocycles. The average Bonchev–Trinajstić information content (AvgIpc) is 2.47. The molecule has 1 saturated carbocycles. The van der Waals surface area contributed by atoms with Gasteiger partial charge in [0.15, 0.2) is 0 Å². The van der Waals surface area contributed by atoms with Gasteiger partial charge in [-0.3, -0.25) is 0 Å². The molecular formula is C16H25NO2. The first-order valence-corrected chi connectivity index (χ1v) is 7.22. The molecule has 1 aromatic carbocycles. The lowest BCUT2D eigenvalue weighted by Crippen LogP contribution is -2.33. The largest absolute Gasteiger partial charge is 0.497 e. The Bertz CT molecular complexity index is 400. The fraction of sp³-hybridized carbons (Fsp3) is 0.625. The van der Waals surface area contributed by atoms with E-state index in [-0.39, 0.29) is 6.04 Å². The third-order valence-corrected chi connectivity index (χ3v) is 3.99. The number of ether oxygens (including phenoxy) is 2. The molecule has 3 heteroatoms. The van der Waals surface area contributed by atoms with E-state index in [0.29, 0.717) is 6.04 Å². The quantitative estimate of drug-likeness (QED) is 0.879. The number of hydrogen-bond donors (Lipinski definition) is 1. The first-order chi connectivity index (χ1) is 9.24. The molecule has 0 heterocycles. The molecule has 1 fully saturated rings. The number of nitrogens with one attached hydrogen (secondary N) is 1. The summed E-state index contributed by atoms with van der Waals surface area (Å²) in [5.41, 5.74) is 1.17. The molecule has 0 radical (unpaired) electrons. The van der Waals surface area contributed by atoms with Crippen molar-refractivity contribution >= 4 is 0 Å². The van der Waals surface area contributed by atoms with Crippen LogP contribution in [-0.2, 0) is 0 Å². The van der Waals surface area contributed by atoms with Gasteiger partial charge in [0.05, 0.1) is 14.2 Å². The van der Waals surface area contributed by atoms with Crippen molar-refractivity contribution in [3.63, 3.8) is 0 Å². The van der Waals surface area contributed by atoms with Crippen LogP contribution in [0.2, 0.25) is 0 Å². The third-order valence-electron chi connectivity index (χ3n) is 3.99. The number of benzene rings is 1. The minimum Gasteiger partial charge on any atom is -0.497 e. The van der Waals surface area contributed by atoms with Crippen molar-refractivity contribution in [2.45, 2.75) is 51.1 Å². The van der Waals surface area contributed by atoms with Crippen LogP contribution in [0, 0.1) is 0 Å². The number of rotatable bonds is 5. The van der Waals surface area contributed by atoms with Crippen LogP contribution in [0.5, 0.6) is 11.5 Å². The van der Waals surface area contributed by atoms with Gasteiger partial charge in [-0.25, -0.2) is 0 Å². The minimum atomic E-state index is 0.285. The van der Waals surface area contributed by atoms with E-state index in [1.54, 1.807) is 14.2 Å². The zero-order chi connectivity index (χ0) is 13.7. The van der Waals surface area contributed by atoms with Crippen LogP contribution >= 0.6 is 0 Å². The van der Waals surface area contributed by atoms with Gasteiger partial charge in [-0.05, 0) is 38.0 Å². The Balaban J connectivity index is 2.09. The molecule has 1 aliphatic rings. The highest BCUT2D eigenvalue weighted by atomic mass is 16.5. The van der Waals surface area contributed by atoms with Gasteiger partial charge in [0.25, 0.3) is 0 Å². The van der Waals surface area contributed by atoms with E-state index in [9.17, 15) is 0 Å². The average molecular weight is 263 g/mol. The lowest BCUT2D eigenvalue weighted by Gasteiger charge is -2.27. The van der Waals surface area contributed by atoms with Crippen molar-refractivity contribution in [2.24, 2.45) is 0 Å². The molecule has 1 aromatic rings. The highest BCUT2D eigenvalue weighted by Crippen LogP contribution is 2.30. The molecule has 0 spiro atoms. The Morgan fingerprint density at radius 2 is 1.84 bits per heavy atom. The Hall–Kier alpha value is -1.22. The summed E-state index contributed by atoms with van der Waals surface area (Å²) in [7, 11) is 3.42. The molecule has 0 amide bonds. The van der Waals surface area contributed by atoms with E-state index in [0.717, 1.165) is 11.5 Å². The molecule has 0 aliphatic heterocycles. The standard InChI is InChI=1S/C16H25NO2/c1-12(17-13-7-5-4-6-8-13)15-11-14(18-2)9-10-16(15)19-3/h9-13,17H,4-8H2,1-3H3. The highest BCUT2D eigenvalue weighted by molar-refractivity contribution is 5.42. The summed E-state index contributed by atoms with van der Waals surface area (Å²) in [5.74, 6) is 1.81. The lowest BCUT2D eigenvalue weighted by atomic mass is 9.94. The van der Waals surface area contributed by atoms with Gasteiger partial charge in [0.1, 0.15) is 11.5 Å². The summed E-state index contributed by atoms with van der Waals surface area (Å²) in [4.78, 5) is 0. The van der Waals surface area contributed by atoms with E-state index in [4.69, 9.17) is 9.47 Å². The Labute approximate surface area is 116 Å². The smallest absolute Gasteiger partial charge is 0.123 e. The van der Waals surface area contributed by atoms with Crippen LogP contribution in [0.3, 0.4) is 0 Å². The van der Waals surface area contributed by atoms with Crippen LogP contribution in [0.15, 0.2) is 18.2 Å². The molecule has 1 atom stereocenters. The lowest BCUT2D eigenvalue weighted by molar-refractivity contribution is 0.338. The van der Waals surface area contributed by atoms with Gasteiger partial charge < -0.3 is 14.8 Å². The molecule has 3 nitrogen and oxygen atoms in total.